The van der Waals surface area contributed by atoms with E-state index < -0.39 is 0 Å². The molecule has 0 bridgehead atoms. The Morgan fingerprint density at radius 3 is 2.47 bits per heavy atom. The van der Waals surface area contributed by atoms with Gasteiger partial charge < -0.3 is 24.1 Å². The Balaban J connectivity index is 1.40. The van der Waals surface area contributed by atoms with Crippen molar-refractivity contribution in [2.45, 2.75) is 39.6 Å². The molecule has 1 aliphatic rings. The first kappa shape index (κ1) is 31.7. The van der Waals surface area contributed by atoms with Gasteiger partial charge in [0.25, 0.3) is 0 Å². The van der Waals surface area contributed by atoms with Crippen molar-refractivity contribution < 1.29 is 24.1 Å². The van der Waals surface area contributed by atoms with Gasteiger partial charge in [0.15, 0.2) is 11.5 Å². The maximum Gasteiger partial charge on any atom is 0.161 e. The van der Waals surface area contributed by atoms with Crippen LogP contribution >= 0.6 is 11.6 Å². The summed E-state index contributed by atoms with van der Waals surface area (Å²) in [6.07, 6.45) is 0. The van der Waals surface area contributed by atoms with Crippen LogP contribution in [0.1, 0.15) is 34.7 Å². The molecule has 0 fully saturated rings. The molecule has 0 radical (unpaired) electrons. The van der Waals surface area contributed by atoms with E-state index in [9.17, 15) is 15.6 Å². The number of ether oxygens (including phenoxy) is 4. The fourth-order valence-corrected chi connectivity index (χ4v) is 5.39. The molecule has 0 amide bonds. The summed E-state index contributed by atoms with van der Waals surface area (Å²) in [5.41, 5.74) is 6.28. The average molecular weight is 624 g/mol. The van der Waals surface area contributed by atoms with E-state index in [1.54, 1.807) is 24.3 Å². The highest BCUT2D eigenvalue weighted by molar-refractivity contribution is 6.32. The van der Waals surface area contributed by atoms with Crippen molar-refractivity contribution in [2.24, 2.45) is 0 Å². The highest BCUT2D eigenvalue weighted by Gasteiger charge is 2.19. The van der Waals surface area contributed by atoms with Crippen LogP contribution in [0.3, 0.4) is 0 Å². The Morgan fingerprint density at radius 1 is 0.911 bits per heavy atom. The van der Waals surface area contributed by atoms with Crippen LogP contribution in [0.15, 0.2) is 72.8 Å². The van der Waals surface area contributed by atoms with Crippen LogP contribution in [-0.2, 0) is 19.8 Å². The van der Waals surface area contributed by atoms with Gasteiger partial charge in [-0.2, -0.15) is 10.5 Å². The van der Waals surface area contributed by atoms with E-state index in [2.05, 4.69) is 25.1 Å². The van der Waals surface area contributed by atoms with Gasteiger partial charge in [-0.05, 0) is 72.0 Å². The summed E-state index contributed by atoms with van der Waals surface area (Å²) in [6.45, 7) is 5.83. The Morgan fingerprint density at radius 2 is 1.69 bits per heavy atom. The van der Waals surface area contributed by atoms with E-state index in [0.717, 1.165) is 44.9 Å². The smallest absolute Gasteiger partial charge is 0.161 e. The molecule has 9 heteroatoms. The monoisotopic (exact) mass is 623 g/mol. The fourth-order valence-electron chi connectivity index (χ4n) is 5.15. The number of hydrogen-bond donors (Lipinski definition) is 1. The molecule has 0 aromatic heterocycles. The Hall–Kier alpha value is -4.73. The first-order chi connectivity index (χ1) is 21.9. The third-order valence-electron chi connectivity index (χ3n) is 7.78. The first-order valence-electron chi connectivity index (χ1n) is 14.7. The zero-order valence-corrected chi connectivity index (χ0v) is 26.0. The molecule has 1 aliphatic heterocycles. The van der Waals surface area contributed by atoms with Crippen LogP contribution < -0.4 is 18.9 Å². The summed E-state index contributed by atoms with van der Waals surface area (Å²) in [7, 11) is 0. The number of nitriles is 2. The van der Waals surface area contributed by atoms with Crippen LogP contribution in [0.5, 0.6) is 23.0 Å². The van der Waals surface area contributed by atoms with Gasteiger partial charge in [-0.15, -0.1) is 0 Å². The molecule has 230 valence electrons. The van der Waals surface area contributed by atoms with Gasteiger partial charge in [0.05, 0.1) is 35.9 Å². The summed E-state index contributed by atoms with van der Waals surface area (Å²) in [5.74, 6) is 2.47. The SMILES string of the molecule is Cc1c(COc2cc(OCc3cccc(C#N)c3)c(CN(CC#N)C(C)CO)cc2Cl)cccc1-c1ccc2c(c1)OCCO2. The topological polar surface area (TPSA) is 108 Å². The molecule has 4 aromatic carbocycles. The molecule has 1 N–H and O–H groups in total. The minimum Gasteiger partial charge on any atom is -0.488 e. The lowest BCUT2D eigenvalue weighted by Crippen LogP contribution is -2.35. The molecule has 5 rings (SSSR count). The quantitative estimate of drug-likeness (QED) is 0.171. The molecule has 45 heavy (non-hydrogen) atoms. The number of hydrogen-bond acceptors (Lipinski definition) is 8. The molecule has 1 unspecified atom stereocenters. The molecular weight excluding hydrogens is 590 g/mol. The highest BCUT2D eigenvalue weighted by Crippen LogP contribution is 2.38. The van der Waals surface area contributed by atoms with Crippen molar-refractivity contribution in [3.8, 4) is 46.3 Å². The van der Waals surface area contributed by atoms with Gasteiger partial charge in [-0.3, -0.25) is 4.90 Å². The van der Waals surface area contributed by atoms with Gasteiger partial charge in [0, 0.05) is 24.2 Å². The number of aliphatic hydroxyl groups is 1. The summed E-state index contributed by atoms with van der Waals surface area (Å²) in [5, 5.41) is 28.8. The van der Waals surface area contributed by atoms with Gasteiger partial charge in [-0.1, -0.05) is 48.0 Å². The maximum absolute atomic E-state index is 9.76. The minimum absolute atomic E-state index is 0.0988. The van der Waals surface area contributed by atoms with Crippen molar-refractivity contribution in [3.63, 3.8) is 0 Å². The summed E-state index contributed by atoms with van der Waals surface area (Å²) in [4.78, 5) is 1.85. The third kappa shape index (κ3) is 7.68. The molecule has 0 spiro atoms. The van der Waals surface area contributed by atoms with E-state index in [4.69, 9.17) is 30.5 Å². The van der Waals surface area contributed by atoms with Gasteiger partial charge in [-0.25, -0.2) is 0 Å². The van der Waals surface area contributed by atoms with Crippen LogP contribution in [0, 0.1) is 29.6 Å². The van der Waals surface area contributed by atoms with E-state index in [0.29, 0.717) is 41.8 Å². The van der Waals surface area contributed by atoms with Crippen molar-refractivity contribution in [1.29, 1.82) is 10.5 Å². The number of halogens is 1. The summed E-state index contributed by atoms with van der Waals surface area (Å²) < 4.78 is 24.0. The Bertz CT molecular complexity index is 1750. The number of benzene rings is 4. The van der Waals surface area contributed by atoms with Gasteiger partial charge in [0.1, 0.15) is 37.9 Å². The summed E-state index contributed by atoms with van der Waals surface area (Å²) in [6, 6.07) is 26.9. The normalized spacial score (nSPS) is 12.7. The lowest BCUT2D eigenvalue weighted by Gasteiger charge is -2.26. The van der Waals surface area contributed by atoms with E-state index in [-0.39, 0.29) is 32.4 Å². The van der Waals surface area contributed by atoms with Gasteiger partial charge >= 0.3 is 0 Å². The van der Waals surface area contributed by atoms with E-state index in [1.807, 2.05) is 54.3 Å². The van der Waals surface area contributed by atoms with Crippen molar-refractivity contribution in [1.82, 2.24) is 4.90 Å². The third-order valence-corrected chi connectivity index (χ3v) is 8.08. The molecular formula is C36H34ClN3O5. The van der Waals surface area contributed by atoms with Crippen molar-refractivity contribution >= 4 is 11.6 Å². The second-order valence-electron chi connectivity index (χ2n) is 10.8. The number of nitrogens with zero attached hydrogens (tertiary/aromatic N) is 3. The van der Waals surface area contributed by atoms with Crippen LogP contribution in [0.25, 0.3) is 11.1 Å². The molecule has 0 saturated carbocycles. The molecule has 1 atom stereocenters. The second kappa shape index (κ2) is 14.8. The Labute approximate surface area is 268 Å². The van der Waals surface area contributed by atoms with Gasteiger partial charge in [0.2, 0.25) is 0 Å². The lowest BCUT2D eigenvalue weighted by atomic mass is 9.96. The number of rotatable bonds is 12. The molecule has 0 saturated heterocycles. The van der Waals surface area contributed by atoms with Crippen LogP contribution in [-0.4, -0.2) is 42.4 Å². The predicted molar refractivity (Wildman–Crippen MR) is 171 cm³/mol. The molecule has 8 nitrogen and oxygen atoms in total. The van der Waals surface area contributed by atoms with Crippen LogP contribution in [0.2, 0.25) is 5.02 Å². The van der Waals surface area contributed by atoms with Crippen LogP contribution in [0.4, 0.5) is 0 Å². The molecule has 0 aliphatic carbocycles. The largest absolute Gasteiger partial charge is 0.488 e. The zero-order chi connectivity index (χ0) is 31.8. The summed E-state index contributed by atoms with van der Waals surface area (Å²) >= 11 is 6.76. The first-order valence-corrected chi connectivity index (χ1v) is 15.1. The maximum atomic E-state index is 9.76. The minimum atomic E-state index is -0.246. The fraction of sp³-hybridized carbons (Fsp3) is 0.278. The van der Waals surface area contributed by atoms with E-state index >= 15 is 0 Å². The van der Waals surface area contributed by atoms with Crippen molar-refractivity contribution in [3.05, 3.63) is 106 Å². The van der Waals surface area contributed by atoms with Crippen molar-refractivity contribution in [2.75, 3.05) is 26.4 Å². The lowest BCUT2D eigenvalue weighted by molar-refractivity contribution is 0.140. The highest BCUT2D eigenvalue weighted by atomic mass is 35.5. The average Bonchev–Trinajstić information content (AvgIpc) is 3.07. The number of fused-ring (bicyclic) bond motifs is 1. The van der Waals surface area contributed by atoms with E-state index in [1.165, 1.54) is 0 Å². The second-order valence-corrected chi connectivity index (χ2v) is 11.2. The number of aliphatic hydroxyl groups excluding tert-OH is 1. The Kier molecular flexibility index (Phi) is 10.4. The zero-order valence-electron chi connectivity index (χ0n) is 25.3. The predicted octanol–water partition coefficient (Wildman–Crippen LogP) is 6.82. The molecule has 1 heterocycles. The molecule has 4 aromatic rings. The standard InChI is InChI=1S/C36H34ClN3O5/c1-24(21-41)40(12-11-38)20-30-16-32(37)35(18-34(30)44-22-27-6-3-5-26(15-27)19-39)45-23-29-7-4-8-31(25(29)2)28-9-10-33-36(17-28)43-14-13-42-33/h3-10,15-18,24,41H,12-14,20-23H2,1-2H3.